The second kappa shape index (κ2) is 11.5. The summed E-state index contributed by atoms with van der Waals surface area (Å²) in [6.45, 7) is -0.844. The highest BCUT2D eigenvalue weighted by Gasteiger charge is 2.27. The summed E-state index contributed by atoms with van der Waals surface area (Å²) in [7, 11) is 0. The molecule has 0 N–H and O–H groups in total. The number of hydrogen-bond donors (Lipinski definition) is 0. The fourth-order valence-electron chi connectivity index (χ4n) is 4.33. The molecular weight excluding hydrogens is 468 g/mol. The standard InChI is InChI=1S/C27H25F2N3O4/c28-27(29)36-24-13-12-23(32(34)35)19-22(24)11-14-25(33)30-15-17-31(18-16-30)26(20-7-3-1-4-8-20)21-9-5-2-6-10-21/h1-14,19,26-27H,15-18H2/b14-11+. The Balaban J connectivity index is 1.46. The molecule has 0 bridgehead atoms. The van der Waals surface area contributed by atoms with Gasteiger partial charge in [-0.15, -0.1) is 0 Å². The van der Waals surface area contributed by atoms with Gasteiger partial charge in [0.15, 0.2) is 0 Å². The summed E-state index contributed by atoms with van der Waals surface area (Å²) in [5.41, 5.74) is 2.08. The third-order valence-corrected chi connectivity index (χ3v) is 6.05. The van der Waals surface area contributed by atoms with Gasteiger partial charge >= 0.3 is 6.61 Å². The Morgan fingerprint density at radius 2 is 1.50 bits per heavy atom. The lowest BCUT2D eigenvalue weighted by Gasteiger charge is -2.39. The number of nitro groups is 1. The van der Waals surface area contributed by atoms with Crippen molar-refractivity contribution in [2.24, 2.45) is 0 Å². The molecule has 3 aromatic carbocycles. The van der Waals surface area contributed by atoms with Crippen molar-refractivity contribution in [2.45, 2.75) is 12.7 Å². The molecule has 0 radical (unpaired) electrons. The SMILES string of the molecule is O=C(/C=C/c1cc([N+](=O)[O-])ccc1OC(F)F)N1CCN(C(c2ccccc2)c2ccccc2)CC1. The first-order valence-electron chi connectivity index (χ1n) is 11.5. The molecule has 0 aliphatic carbocycles. The summed E-state index contributed by atoms with van der Waals surface area (Å²) in [5.74, 6) is -0.543. The summed E-state index contributed by atoms with van der Waals surface area (Å²) < 4.78 is 29.9. The molecule has 4 rings (SSSR count). The zero-order valence-corrected chi connectivity index (χ0v) is 19.4. The summed E-state index contributed by atoms with van der Waals surface area (Å²) in [6, 6.07) is 23.7. The van der Waals surface area contributed by atoms with Gasteiger partial charge in [-0.2, -0.15) is 8.78 Å². The predicted octanol–water partition coefficient (Wildman–Crippen LogP) is 5.14. The Morgan fingerprint density at radius 3 is 2.03 bits per heavy atom. The minimum atomic E-state index is -3.09. The van der Waals surface area contributed by atoms with Crippen LogP contribution in [0.3, 0.4) is 0 Å². The van der Waals surface area contributed by atoms with E-state index in [-0.39, 0.29) is 28.9 Å². The minimum absolute atomic E-state index is 0.0321. The summed E-state index contributed by atoms with van der Waals surface area (Å²) in [4.78, 5) is 27.3. The van der Waals surface area contributed by atoms with Crippen LogP contribution in [-0.2, 0) is 4.79 Å². The maximum atomic E-state index is 12.8. The van der Waals surface area contributed by atoms with Crippen LogP contribution in [0.15, 0.2) is 84.9 Å². The van der Waals surface area contributed by atoms with Crippen LogP contribution in [0, 0.1) is 10.1 Å². The van der Waals surface area contributed by atoms with E-state index in [1.165, 1.54) is 23.3 Å². The lowest BCUT2D eigenvalue weighted by Crippen LogP contribution is -2.49. The number of benzene rings is 3. The lowest BCUT2D eigenvalue weighted by molar-refractivity contribution is -0.384. The van der Waals surface area contributed by atoms with Crippen LogP contribution in [0.4, 0.5) is 14.5 Å². The second-order valence-electron chi connectivity index (χ2n) is 8.28. The number of piperazine rings is 1. The maximum Gasteiger partial charge on any atom is 0.387 e. The van der Waals surface area contributed by atoms with Crippen LogP contribution in [0.5, 0.6) is 5.75 Å². The number of alkyl halides is 2. The Hall–Kier alpha value is -4.11. The van der Waals surface area contributed by atoms with Crippen molar-refractivity contribution >= 4 is 17.7 Å². The number of carbonyl (C=O) groups is 1. The van der Waals surface area contributed by atoms with Gasteiger partial charge in [-0.1, -0.05) is 60.7 Å². The molecule has 3 aromatic rings. The average Bonchev–Trinajstić information content (AvgIpc) is 2.89. The maximum absolute atomic E-state index is 12.8. The van der Waals surface area contributed by atoms with E-state index in [0.29, 0.717) is 26.2 Å². The zero-order chi connectivity index (χ0) is 25.5. The Kier molecular flexibility index (Phi) is 8.02. The van der Waals surface area contributed by atoms with Gasteiger partial charge in [0, 0.05) is 50.0 Å². The van der Waals surface area contributed by atoms with Crippen LogP contribution in [0.1, 0.15) is 22.7 Å². The Bertz CT molecular complexity index is 1170. The Morgan fingerprint density at radius 1 is 0.917 bits per heavy atom. The second-order valence-corrected chi connectivity index (χ2v) is 8.28. The van der Waals surface area contributed by atoms with Gasteiger partial charge in [0.05, 0.1) is 11.0 Å². The van der Waals surface area contributed by atoms with Crippen LogP contribution >= 0.6 is 0 Å². The molecule has 1 saturated heterocycles. The minimum Gasteiger partial charge on any atom is -0.434 e. The zero-order valence-electron chi connectivity index (χ0n) is 19.4. The smallest absolute Gasteiger partial charge is 0.387 e. The molecular formula is C27H25F2N3O4. The fraction of sp³-hybridized carbons (Fsp3) is 0.222. The molecule has 1 amide bonds. The van der Waals surface area contributed by atoms with Crippen molar-refractivity contribution in [1.29, 1.82) is 0 Å². The number of halogens is 2. The van der Waals surface area contributed by atoms with Crippen LogP contribution < -0.4 is 4.74 Å². The number of carbonyl (C=O) groups excluding carboxylic acids is 1. The van der Waals surface area contributed by atoms with Crippen molar-refractivity contribution in [2.75, 3.05) is 26.2 Å². The quantitative estimate of drug-likeness (QED) is 0.247. The monoisotopic (exact) mass is 493 g/mol. The number of non-ortho nitro benzene ring substituents is 1. The first-order valence-corrected chi connectivity index (χ1v) is 11.5. The third-order valence-electron chi connectivity index (χ3n) is 6.05. The molecule has 0 saturated carbocycles. The number of amides is 1. The van der Waals surface area contributed by atoms with Crippen molar-refractivity contribution in [1.82, 2.24) is 9.80 Å². The van der Waals surface area contributed by atoms with E-state index in [2.05, 4.69) is 33.9 Å². The van der Waals surface area contributed by atoms with Crippen molar-refractivity contribution in [3.8, 4) is 5.75 Å². The van der Waals surface area contributed by atoms with E-state index >= 15 is 0 Å². The third kappa shape index (κ3) is 6.11. The molecule has 1 aliphatic rings. The molecule has 0 spiro atoms. The molecule has 186 valence electrons. The van der Waals surface area contributed by atoms with E-state index in [0.717, 1.165) is 18.2 Å². The number of hydrogen-bond acceptors (Lipinski definition) is 5. The van der Waals surface area contributed by atoms with Crippen LogP contribution in [0.25, 0.3) is 6.08 Å². The number of nitro benzene ring substituents is 1. The highest BCUT2D eigenvalue weighted by atomic mass is 19.3. The van der Waals surface area contributed by atoms with Crippen molar-refractivity contribution in [3.63, 3.8) is 0 Å². The molecule has 0 atom stereocenters. The average molecular weight is 494 g/mol. The lowest BCUT2D eigenvalue weighted by atomic mass is 9.96. The molecule has 1 heterocycles. The number of nitrogens with zero attached hydrogens (tertiary/aromatic N) is 3. The van der Waals surface area contributed by atoms with Gasteiger partial charge in [-0.3, -0.25) is 19.8 Å². The summed E-state index contributed by atoms with van der Waals surface area (Å²) >= 11 is 0. The molecule has 0 aromatic heterocycles. The van der Waals surface area contributed by atoms with Crippen LogP contribution in [-0.4, -0.2) is 53.4 Å². The van der Waals surface area contributed by atoms with E-state index in [1.807, 2.05) is 36.4 Å². The van der Waals surface area contributed by atoms with Gasteiger partial charge in [0.2, 0.25) is 5.91 Å². The van der Waals surface area contributed by atoms with Crippen molar-refractivity contribution < 1.29 is 23.2 Å². The number of ether oxygens (including phenoxy) is 1. The summed E-state index contributed by atoms with van der Waals surface area (Å²) in [5, 5.41) is 11.1. The van der Waals surface area contributed by atoms with Gasteiger partial charge in [-0.05, 0) is 23.3 Å². The molecule has 36 heavy (non-hydrogen) atoms. The molecule has 7 nitrogen and oxygen atoms in total. The normalized spacial score (nSPS) is 14.5. The summed E-state index contributed by atoms with van der Waals surface area (Å²) in [6.07, 6.45) is 2.51. The van der Waals surface area contributed by atoms with E-state index in [4.69, 9.17) is 0 Å². The Labute approximate surface area is 207 Å². The van der Waals surface area contributed by atoms with Crippen molar-refractivity contribution in [3.05, 3.63) is 112 Å². The predicted molar refractivity (Wildman–Crippen MR) is 132 cm³/mol. The molecule has 1 fully saturated rings. The van der Waals surface area contributed by atoms with Gasteiger partial charge in [-0.25, -0.2) is 0 Å². The first-order chi connectivity index (χ1) is 17.4. The fourth-order valence-corrected chi connectivity index (χ4v) is 4.33. The van der Waals surface area contributed by atoms with E-state index in [1.54, 1.807) is 4.90 Å². The first kappa shape index (κ1) is 25.0. The van der Waals surface area contributed by atoms with E-state index < -0.39 is 11.5 Å². The van der Waals surface area contributed by atoms with Gasteiger partial charge in [0.1, 0.15) is 5.75 Å². The molecule has 1 aliphatic heterocycles. The molecule has 9 heteroatoms. The van der Waals surface area contributed by atoms with E-state index in [9.17, 15) is 23.7 Å². The van der Waals surface area contributed by atoms with Gasteiger partial charge in [0.25, 0.3) is 5.69 Å². The topological polar surface area (TPSA) is 75.9 Å². The molecule has 0 unspecified atom stereocenters. The highest BCUT2D eigenvalue weighted by Crippen LogP contribution is 2.30. The van der Waals surface area contributed by atoms with Crippen LogP contribution in [0.2, 0.25) is 0 Å². The largest absolute Gasteiger partial charge is 0.434 e. The number of rotatable bonds is 8. The highest BCUT2D eigenvalue weighted by molar-refractivity contribution is 5.92. The van der Waals surface area contributed by atoms with Gasteiger partial charge < -0.3 is 9.64 Å².